The molecule has 0 saturated carbocycles. The average molecular weight is 300 g/mol. The molecule has 0 aromatic carbocycles. The van der Waals surface area contributed by atoms with Crippen LogP contribution in [0.5, 0.6) is 0 Å². The van der Waals surface area contributed by atoms with E-state index >= 15 is 0 Å². The predicted octanol–water partition coefficient (Wildman–Crippen LogP) is 2.40. The van der Waals surface area contributed by atoms with E-state index in [0.29, 0.717) is 10.8 Å². The topological polar surface area (TPSA) is 65.5 Å². The van der Waals surface area contributed by atoms with Crippen LogP contribution in [-0.2, 0) is 0 Å². The first-order chi connectivity index (χ1) is 9.24. The van der Waals surface area contributed by atoms with Crippen LogP contribution in [0.3, 0.4) is 0 Å². The van der Waals surface area contributed by atoms with Crippen LogP contribution in [0, 0.1) is 0 Å². The molecule has 0 aliphatic rings. The molecule has 0 aliphatic carbocycles. The van der Waals surface area contributed by atoms with Gasteiger partial charge in [0.05, 0.1) is 10.6 Å². The van der Waals surface area contributed by atoms with Gasteiger partial charge in [-0.05, 0) is 32.4 Å². The van der Waals surface area contributed by atoms with E-state index in [-0.39, 0.29) is 18.1 Å². The molecule has 1 amide bonds. The molecule has 0 unspecified atom stereocenters. The van der Waals surface area contributed by atoms with Gasteiger partial charge < -0.3 is 15.3 Å². The highest BCUT2D eigenvalue weighted by atomic mass is 35.5. The summed E-state index contributed by atoms with van der Waals surface area (Å²) in [5, 5.41) is 13.2. The third kappa shape index (κ3) is 4.98. The number of rotatable bonds is 6. The Hall–Kier alpha value is -1.33. The molecule has 6 heteroatoms. The van der Waals surface area contributed by atoms with Gasteiger partial charge in [-0.2, -0.15) is 0 Å². The maximum Gasteiger partial charge on any atom is 0.273 e. The molecule has 0 saturated heterocycles. The minimum Gasteiger partial charge on any atom is -0.389 e. The smallest absolute Gasteiger partial charge is 0.273 e. The first-order valence-corrected chi connectivity index (χ1v) is 7.00. The summed E-state index contributed by atoms with van der Waals surface area (Å²) in [6, 6.07) is 3.39. The summed E-state index contributed by atoms with van der Waals surface area (Å²) in [6.45, 7) is 6.32. The minimum absolute atomic E-state index is 0.194. The lowest BCUT2D eigenvalue weighted by atomic mass is 10.1. The zero-order valence-corrected chi connectivity index (χ0v) is 13.2. The largest absolute Gasteiger partial charge is 0.389 e. The van der Waals surface area contributed by atoms with Gasteiger partial charge in [0, 0.05) is 20.1 Å². The van der Waals surface area contributed by atoms with Crippen LogP contribution in [0.15, 0.2) is 12.1 Å². The van der Waals surface area contributed by atoms with Crippen LogP contribution in [-0.4, -0.2) is 46.6 Å². The fourth-order valence-electron chi connectivity index (χ4n) is 1.78. The van der Waals surface area contributed by atoms with Crippen LogP contribution in [0.4, 0.5) is 5.82 Å². The number of hydrogen-bond donors (Lipinski definition) is 2. The number of likely N-dealkylation sites (N-methyl/N-ethyl adjacent to an activating group) is 1. The van der Waals surface area contributed by atoms with E-state index in [2.05, 4.69) is 10.3 Å². The van der Waals surface area contributed by atoms with E-state index in [4.69, 9.17) is 11.6 Å². The van der Waals surface area contributed by atoms with Gasteiger partial charge >= 0.3 is 0 Å². The second-order valence-corrected chi connectivity index (χ2v) is 5.83. The zero-order chi connectivity index (χ0) is 15.3. The molecule has 1 rings (SSSR count). The van der Waals surface area contributed by atoms with Crippen molar-refractivity contribution in [1.82, 2.24) is 9.88 Å². The Bertz CT molecular complexity index is 472. The van der Waals surface area contributed by atoms with Crippen LogP contribution < -0.4 is 5.32 Å². The molecule has 1 aromatic rings. The predicted molar refractivity (Wildman–Crippen MR) is 81.3 cm³/mol. The van der Waals surface area contributed by atoms with Crippen molar-refractivity contribution in [1.29, 1.82) is 0 Å². The Kier molecular flexibility index (Phi) is 5.77. The summed E-state index contributed by atoms with van der Waals surface area (Å²) >= 11 is 6.04. The first-order valence-electron chi connectivity index (χ1n) is 6.63. The Balaban J connectivity index is 2.91. The number of nitrogens with one attached hydrogen (secondary N) is 1. The van der Waals surface area contributed by atoms with Gasteiger partial charge in [0.15, 0.2) is 0 Å². The molecule has 0 fully saturated rings. The molecule has 0 bridgehead atoms. The fourth-order valence-corrected chi connectivity index (χ4v) is 1.96. The normalized spacial score (nSPS) is 11.3. The average Bonchev–Trinajstić information content (AvgIpc) is 2.35. The third-order valence-electron chi connectivity index (χ3n) is 2.58. The lowest BCUT2D eigenvalue weighted by Gasteiger charge is -2.25. The van der Waals surface area contributed by atoms with Gasteiger partial charge in [0.2, 0.25) is 0 Å². The van der Waals surface area contributed by atoms with Gasteiger partial charge in [-0.15, -0.1) is 0 Å². The molecule has 0 aliphatic heterocycles. The summed E-state index contributed by atoms with van der Waals surface area (Å²) < 4.78 is 0. The number of anilines is 1. The number of carbonyl (C=O) groups excluding carboxylic acids is 1. The Morgan fingerprint density at radius 2 is 2.15 bits per heavy atom. The lowest BCUT2D eigenvalue weighted by Crippen LogP contribution is -2.40. The second-order valence-electron chi connectivity index (χ2n) is 5.43. The zero-order valence-electron chi connectivity index (χ0n) is 12.4. The number of nitrogens with zero attached hydrogens (tertiary/aromatic N) is 2. The second kappa shape index (κ2) is 6.90. The number of hydrogen-bond acceptors (Lipinski definition) is 4. The maximum absolute atomic E-state index is 12.3. The number of pyridine rings is 1. The van der Waals surface area contributed by atoms with Crippen molar-refractivity contribution in [2.45, 2.75) is 32.8 Å². The number of halogens is 1. The summed E-state index contributed by atoms with van der Waals surface area (Å²) in [7, 11) is 1.62. The standard InChI is InChI=1S/C14H22ClN3O2/c1-5-8-16-11-7-6-10(15)12(17-11)13(19)18(4)9-14(2,3)20/h6-7,20H,5,8-9H2,1-4H3,(H,16,17). The lowest BCUT2D eigenvalue weighted by molar-refractivity contribution is 0.0365. The monoisotopic (exact) mass is 299 g/mol. The van der Waals surface area contributed by atoms with Gasteiger partial charge in [-0.3, -0.25) is 4.79 Å². The Morgan fingerprint density at radius 3 is 2.70 bits per heavy atom. The molecular weight excluding hydrogens is 278 g/mol. The van der Waals surface area contributed by atoms with Crippen molar-refractivity contribution < 1.29 is 9.90 Å². The molecule has 0 radical (unpaired) electrons. The number of amides is 1. The molecule has 1 aromatic heterocycles. The SMILES string of the molecule is CCCNc1ccc(Cl)c(C(=O)N(C)CC(C)(C)O)n1. The number of aliphatic hydroxyl groups is 1. The summed E-state index contributed by atoms with van der Waals surface area (Å²) in [6.07, 6.45) is 0.964. The maximum atomic E-state index is 12.3. The summed E-state index contributed by atoms with van der Waals surface area (Å²) in [4.78, 5) is 18.0. The van der Waals surface area contributed by atoms with Crippen molar-refractivity contribution in [3.63, 3.8) is 0 Å². The molecule has 112 valence electrons. The molecule has 1 heterocycles. The molecule has 5 nitrogen and oxygen atoms in total. The van der Waals surface area contributed by atoms with E-state index in [9.17, 15) is 9.90 Å². The summed E-state index contributed by atoms with van der Waals surface area (Å²) in [5.41, 5.74) is -0.769. The molecule has 2 N–H and O–H groups in total. The highest BCUT2D eigenvalue weighted by molar-refractivity contribution is 6.33. The van der Waals surface area contributed by atoms with Crippen molar-refractivity contribution >= 4 is 23.3 Å². The van der Waals surface area contributed by atoms with Crippen LogP contribution in [0.25, 0.3) is 0 Å². The van der Waals surface area contributed by atoms with Crippen molar-refractivity contribution in [2.75, 3.05) is 25.5 Å². The molecule has 20 heavy (non-hydrogen) atoms. The first kappa shape index (κ1) is 16.7. The van der Waals surface area contributed by atoms with Gasteiger partial charge in [-0.1, -0.05) is 18.5 Å². The van der Waals surface area contributed by atoms with E-state index in [1.54, 1.807) is 33.0 Å². The van der Waals surface area contributed by atoms with Crippen molar-refractivity contribution in [3.8, 4) is 0 Å². The van der Waals surface area contributed by atoms with E-state index in [0.717, 1.165) is 13.0 Å². The van der Waals surface area contributed by atoms with Crippen LogP contribution in [0.2, 0.25) is 5.02 Å². The van der Waals surface area contributed by atoms with Gasteiger partial charge in [0.25, 0.3) is 5.91 Å². The van der Waals surface area contributed by atoms with Crippen molar-refractivity contribution in [3.05, 3.63) is 22.8 Å². The third-order valence-corrected chi connectivity index (χ3v) is 2.88. The minimum atomic E-state index is -0.963. The quantitative estimate of drug-likeness (QED) is 0.846. The van der Waals surface area contributed by atoms with Crippen LogP contribution in [0.1, 0.15) is 37.7 Å². The van der Waals surface area contributed by atoms with E-state index in [1.807, 2.05) is 6.92 Å². The number of aromatic nitrogens is 1. The highest BCUT2D eigenvalue weighted by Crippen LogP contribution is 2.19. The fraction of sp³-hybridized carbons (Fsp3) is 0.571. The molecular formula is C14H22ClN3O2. The van der Waals surface area contributed by atoms with E-state index < -0.39 is 5.60 Å². The van der Waals surface area contributed by atoms with Crippen LogP contribution >= 0.6 is 11.6 Å². The molecule has 0 spiro atoms. The van der Waals surface area contributed by atoms with Crippen molar-refractivity contribution in [2.24, 2.45) is 0 Å². The van der Waals surface area contributed by atoms with E-state index in [1.165, 1.54) is 4.90 Å². The summed E-state index contributed by atoms with van der Waals surface area (Å²) in [5.74, 6) is 0.313. The highest BCUT2D eigenvalue weighted by Gasteiger charge is 2.23. The Labute approximate surface area is 125 Å². The van der Waals surface area contributed by atoms with Gasteiger partial charge in [-0.25, -0.2) is 4.98 Å². The van der Waals surface area contributed by atoms with Gasteiger partial charge in [0.1, 0.15) is 11.5 Å². The Morgan fingerprint density at radius 1 is 1.50 bits per heavy atom. The number of carbonyl (C=O) groups is 1. The molecule has 0 atom stereocenters.